The smallest absolute Gasteiger partial charge is 0.328 e. The van der Waals surface area contributed by atoms with Gasteiger partial charge in [0.25, 0.3) is 0 Å². The first kappa shape index (κ1) is 13.7. The van der Waals surface area contributed by atoms with Crippen LogP contribution < -0.4 is 5.32 Å². The molecule has 5 heteroatoms. The van der Waals surface area contributed by atoms with E-state index in [2.05, 4.69) is 21.2 Å². The van der Waals surface area contributed by atoms with Crippen LogP contribution in [-0.2, 0) is 9.53 Å². The lowest BCUT2D eigenvalue weighted by Gasteiger charge is -2.18. The predicted molar refractivity (Wildman–Crippen MR) is 69.7 cm³/mol. The highest BCUT2D eigenvalue weighted by Crippen LogP contribution is 2.26. The topological polar surface area (TPSA) is 38.3 Å². The van der Waals surface area contributed by atoms with E-state index >= 15 is 0 Å². The van der Waals surface area contributed by atoms with Gasteiger partial charge in [-0.05, 0) is 42.8 Å². The summed E-state index contributed by atoms with van der Waals surface area (Å²) < 4.78 is 6.05. The van der Waals surface area contributed by atoms with Crippen LogP contribution in [0.1, 0.15) is 31.7 Å². The van der Waals surface area contributed by atoms with Crippen LogP contribution in [0.25, 0.3) is 0 Å². The molecule has 0 spiro atoms. The summed E-state index contributed by atoms with van der Waals surface area (Å²) in [6.07, 6.45) is 0. The molecule has 1 atom stereocenters. The Morgan fingerprint density at radius 2 is 2.31 bits per heavy atom. The second kappa shape index (κ2) is 6.37. The molecule has 1 unspecified atom stereocenters. The van der Waals surface area contributed by atoms with Gasteiger partial charge in [-0.3, -0.25) is 5.32 Å². The Labute approximate surface area is 108 Å². The van der Waals surface area contributed by atoms with Crippen molar-refractivity contribution in [2.75, 3.05) is 6.61 Å². The molecule has 1 aromatic heterocycles. The zero-order chi connectivity index (χ0) is 12.1. The molecule has 0 radical (unpaired) electrons. The third-order valence-corrected chi connectivity index (χ3v) is 3.65. The lowest BCUT2D eigenvalue weighted by atomic mass is 10.2. The molecule has 0 saturated carbocycles. The van der Waals surface area contributed by atoms with E-state index < -0.39 is 0 Å². The molecule has 1 aromatic rings. The van der Waals surface area contributed by atoms with Crippen LogP contribution in [0.2, 0.25) is 0 Å². The Hall–Kier alpha value is -0.390. The number of esters is 1. The first-order valence-electron chi connectivity index (χ1n) is 5.21. The summed E-state index contributed by atoms with van der Waals surface area (Å²) in [5.74, 6) is -0.217. The summed E-state index contributed by atoms with van der Waals surface area (Å²) in [6, 6.07) is 1.81. The van der Waals surface area contributed by atoms with Crippen LogP contribution in [0.15, 0.2) is 15.9 Å². The molecule has 0 aliphatic carbocycles. The number of thiophene rings is 1. The molecule has 0 aliphatic heterocycles. The number of nitrogens with one attached hydrogen (secondary N) is 1. The highest BCUT2D eigenvalue weighted by molar-refractivity contribution is 9.10. The van der Waals surface area contributed by atoms with E-state index in [1.807, 2.05) is 32.2 Å². The number of rotatable bonds is 5. The largest absolute Gasteiger partial charge is 0.465 e. The van der Waals surface area contributed by atoms with Crippen LogP contribution in [0.3, 0.4) is 0 Å². The molecule has 0 bridgehead atoms. The average Bonchev–Trinajstić information content (AvgIpc) is 2.61. The summed E-state index contributed by atoms with van der Waals surface area (Å²) in [5, 5.41) is 5.17. The van der Waals surface area contributed by atoms with Crippen LogP contribution in [0, 0.1) is 0 Å². The number of carbonyl (C=O) groups is 1. The number of halogens is 1. The van der Waals surface area contributed by atoms with Gasteiger partial charge in [0, 0.05) is 20.8 Å². The molecule has 16 heavy (non-hydrogen) atoms. The van der Waals surface area contributed by atoms with Gasteiger partial charge >= 0.3 is 5.97 Å². The molecule has 0 aromatic carbocycles. The molecule has 3 nitrogen and oxygen atoms in total. The van der Waals surface area contributed by atoms with Crippen molar-refractivity contribution in [2.24, 2.45) is 0 Å². The standard InChI is InChI=1S/C11H16BrNO2S/c1-4-15-11(14)10(13-7(2)3)9-5-8(12)6-16-9/h5-7,10,13H,4H2,1-3H3. The summed E-state index contributed by atoms with van der Waals surface area (Å²) in [5.41, 5.74) is 0. The minimum atomic E-state index is -0.365. The van der Waals surface area contributed by atoms with Crippen molar-refractivity contribution in [1.29, 1.82) is 0 Å². The van der Waals surface area contributed by atoms with E-state index in [0.717, 1.165) is 9.35 Å². The molecule has 0 amide bonds. The van der Waals surface area contributed by atoms with Gasteiger partial charge in [-0.25, -0.2) is 4.79 Å². The molecule has 0 aliphatic rings. The number of hydrogen-bond acceptors (Lipinski definition) is 4. The molecule has 0 saturated heterocycles. The number of ether oxygens (including phenoxy) is 1. The van der Waals surface area contributed by atoms with Crippen LogP contribution in [0.5, 0.6) is 0 Å². The summed E-state index contributed by atoms with van der Waals surface area (Å²) in [7, 11) is 0. The summed E-state index contributed by atoms with van der Waals surface area (Å²) in [4.78, 5) is 12.8. The minimum Gasteiger partial charge on any atom is -0.465 e. The van der Waals surface area contributed by atoms with E-state index in [1.165, 1.54) is 0 Å². The maximum atomic E-state index is 11.8. The summed E-state index contributed by atoms with van der Waals surface area (Å²) in [6.45, 7) is 6.24. The van der Waals surface area contributed by atoms with Gasteiger partial charge in [-0.2, -0.15) is 0 Å². The Bertz CT molecular complexity index is 352. The zero-order valence-electron chi connectivity index (χ0n) is 9.62. The fraction of sp³-hybridized carbons (Fsp3) is 0.545. The second-order valence-corrected chi connectivity index (χ2v) is 5.53. The summed E-state index contributed by atoms with van der Waals surface area (Å²) >= 11 is 4.93. The number of carbonyl (C=O) groups excluding carboxylic acids is 1. The average molecular weight is 306 g/mol. The fourth-order valence-electron chi connectivity index (χ4n) is 1.30. The zero-order valence-corrected chi connectivity index (χ0v) is 12.0. The van der Waals surface area contributed by atoms with Crippen molar-refractivity contribution in [3.8, 4) is 0 Å². The van der Waals surface area contributed by atoms with Crippen LogP contribution in [-0.4, -0.2) is 18.6 Å². The van der Waals surface area contributed by atoms with E-state index in [9.17, 15) is 4.79 Å². The van der Waals surface area contributed by atoms with E-state index in [-0.39, 0.29) is 18.1 Å². The molecule has 1 rings (SSSR count). The second-order valence-electron chi connectivity index (χ2n) is 3.67. The van der Waals surface area contributed by atoms with Crippen LogP contribution in [0.4, 0.5) is 0 Å². The monoisotopic (exact) mass is 305 g/mol. The van der Waals surface area contributed by atoms with E-state index in [0.29, 0.717) is 6.61 Å². The molecular weight excluding hydrogens is 290 g/mol. The lowest BCUT2D eigenvalue weighted by molar-refractivity contribution is -0.146. The molecule has 0 fully saturated rings. The van der Waals surface area contributed by atoms with Gasteiger partial charge in [0.15, 0.2) is 0 Å². The highest BCUT2D eigenvalue weighted by atomic mass is 79.9. The van der Waals surface area contributed by atoms with E-state index in [1.54, 1.807) is 11.3 Å². The molecule has 1 heterocycles. The van der Waals surface area contributed by atoms with Crippen molar-refractivity contribution in [1.82, 2.24) is 5.32 Å². The third kappa shape index (κ3) is 3.88. The fourth-order valence-corrected chi connectivity index (χ4v) is 2.80. The van der Waals surface area contributed by atoms with Crippen LogP contribution >= 0.6 is 27.3 Å². The normalized spacial score (nSPS) is 12.8. The highest BCUT2D eigenvalue weighted by Gasteiger charge is 2.23. The first-order valence-corrected chi connectivity index (χ1v) is 6.88. The SMILES string of the molecule is CCOC(=O)C(NC(C)C)c1cc(Br)cs1. The molecule has 90 valence electrons. The Morgan fingerprint density at radius 1 is 1.62 bits per heavy atom. The van der Waals surface area contributed by atoms with Crippen molar-refractivity contribution in [2.45, 2.75) is 32.9 Å². The lowest BCUT2D eigenvalue weighted by Crippen LogP contribution is -2.34. The van der Waals surface area contributed by atoms with Gasteiger partial charge in [-0.1, -0.05) is 0 Å². The third-order valence-electron chi connectivity index (χ3n) is 1.89. The molecular formula is C11H16BrNO2S. The minimum absolute atomic E-state index is 0.217. The Balaban J connectivity index is 2.82. The van der Waals surface area contributed by atoms with Crippen molar-refractivity contribution < 1.29 is 9.53 Å². The van der Waals surface area contributed by atoms with Gasteiger partial charge in [0.1, 0.15) is 6.04 Å². The van der Waals surface area contributed by atoms with Crippen molar-refractivity contribution in [3.05, 3.63) is 20.8 Å². The quantitative estimate of drug-likeness (QED) is 0.850. The van der Waals surface area contributed by atoms with Gasteiger partial charge in [0.05, 0.1) is 6.61 Å². The van der Waals surface area contributed by atoms with Crippen molar-refractivity contribution >= 4 is 33.2 Å². The maximum Gasteiger partial charge on any atom is 0.328 e. The number of hydrogen-bond donors (Lipinski definition) is 1. The Kier molecular flexibility index (Phi) is 5.44. The first-order chi connectivity index (χ1) is 7.54. The van der Waals surface area contributed by atoms with Gasteiger partial charge < -0.3 is 4.74 Å². The maximum absolute atomic E-state index is 11.8. The Morgan fingerprint density at radius 3 is 2.75 bits per heavy atom. The van der Waals surface area contributed by atoms with Crippen molar-refractivity contribution in [3.63, 3.8) is 0 Å². The molecule has 1 N–H and O–H groups in total. The van der Waals surface area contributed by atoms with Gasteiger partial charge in [0.2, 0.25) is 0 Å². The van der Waals surface area contributed by atoms with E-state index in [4.69, 9.17) is 4.74 Å². The van der Waals surface area contributed by atoms with Gasteiger partial charge in [-0.15, -0.1) is 11.3 Å². The predicted octanol–water partition coefficient (Wildman–Crippen LogP) is 3.11.